The van der Waals surface area contributed by atoms with E-state index in [1.807, 2.05) is 44.5 Å². The van der Waals surface area contributed by atoms with E-state index >= 15 is 0 Å². The number of ketones is 1. The Morgan fingerprint density at radius 2 is 2.11 bits per heavy atom. The summed E-state index contributed by atoms with van der Waals surface area (Å²) in [4.78, 5) is 21.2. The van der Waals surface area contributed by atoms with E-state index in [0.29, 0.717) is 0 Å². The lowest BCUT2D eigenvalue weighted by Gasteiger charge is -1.96. The second kappa shape index (κ2) is 5.10. The lowest BCUT2D eigenvalue weighted by atomic mass is 10.2. The van der Waals surface area contributed by atoms with Gasteiger partial charge in [0.05, 0.1) is 6.42 Å². The van der Waals surface area contributed by atoms with E-state index in [0.717, 1.165) is 22.4 Å². The van der Waals surface area contributed by atoms with Gasteiger partial charge in [-0.2, -0.15) is 0 Å². The lowest BCUT2D eigenvalue weighted by molar-refractivity contribution is -0.136. The fourth-order valence-electron chi connectivity index (χ4n) is 2.05. The number of hydrogen-bond acceptors (Lipinski definition) is 2. The molecule has 3 rings (SSSR count). The second-order valence-electron chi connectivity index (χ2n) is 4.54. The fraction of sp³-hybridized carbons (Fsp3) is 0.200. The molecule has 0 fully saturated rings. The normalized spacial score (nSPS) is 15.5. The van der Waals surface area contributed by atoms with E-state index in [1.165, 1.54) is 0 Å². The first-order valence-corrected chi connectivity index (χ1v) is 5.96. The van der Waals surface area contributed by atoms with Crippen molar-refractivity contribution in [2.24, 2.45) is 7.05 Å². The van der Waals surface area contributed by atoms with Gasteiger partial charge in [0.2, 0.25) is 0 Å². The number of carbonyl (C=O) groups is 2. The predicted molar refractivity (Wildman–Crippen MR) is 71.7 cm³/mol. The summed E-state index contributed by atoms with van der Waals surface area (Å²) in [6.07, 6.45) is 7.61. The summed E-state index contributed by atoms with van der Waals surface area (Å²) in [5, 5.41) is 8.40. The molecule has 4 nitrogen and oxygen atoms in total. The smallest absolute Gasteiger partial charge is 0.309 e. The molecule has 4 heteroatoms. The van der Waals surface area contributed by atoms with E-state index in [2.05, 4.69) is 0 Å². The van der Waals surface area contributed by atoms with Gasteiger partial charge in [0, 0.05) is 30.1 Å². The molecule has 0 saturated heterocycles. The highest BCUT2D eigenvalue weighted by molar-refractivity contribution is 6.18. The number of allylic oxidation sites excluding steroid dienone is 6. The fourth-order valence-corrected chi connectivity index (χ4v) is 2.05. The van der Waals surface area contributed by atoms with Gasteiger partial charge in [0.25, 0.3) is 0 Å². The number of aryl methyl sites for hydroxylation is 1. The van der Waals surface area contributed by atoms with Crippen LogP contribution in [0.1, 0.15) is 12.6 Å². The Kier molecular flexibility index (Phi) is 3.51. The third-order valence-corrected chi connectivity index (χ3v) is 3.12. The summed E-state index contributed by atoms with van der Waals surface area (Å²) >= 11 is 0. The van der Waals surface area contributed by atoms with Crippen LogP contribution >= 0.6 is 0 Å². The largest absolute Gasteiger partial charge is 0.481 e. The number of hydrogen-bond donors (Lipinski definition) is 1. The maximum atomic E-state index is 11.0. The maximum Gasteiger partial charge on any atom is 0.309 e. The van der Waals surface area contributed by atoms with Crippen LogP contribution in [-0.4, -0.2) is 21.4 Å². The highest BCUT2D eigenvalue weighted by atomic mass is 16.4. The zero-order valence-corrected chi connectivity index (χ0v) is 10.9. The minimum Gasteiger partial charge on any atom is -0.481 e. The topological polar surface area (TPSA) is 59.3 Å². The van der Waals surface area contributed by atoms with Gasteiger partial charge in [0.1, 0.15) is 0 Å². The van der Waals surface area contributed by atoms with Crippen LogP contribution in [0, 0.1) is 0 Å². The average molecular weight is 257 g/mol. The van der Waals surface area contributed by atoms with Gasteiger partial charge in [-0.1, -0.05) is 12.2 Å². The Balaban J connectivity index is 0.000000141. The Hall–Kier alpha value is -2.36. The molecule has 98 valence electrons. The van der Waals surface area contributed by atoms with Crippen molar-refractivity contribution in [1.82, 2.24) is 4.57 Å². The summed E-state index contributed by atoms with van der Waals surface area (Å²) in [7, 11) is 1.83. The maximum absolute atomic E-state index is 11.0. The summed E-state index contributed by atoms with van der Waals surface area (Å²) in [6, 6.07) is 3.63. The Labute approximate surface area is 111 Å². The first-order chi connectivity index (χ1) is 8.99. The van der Waals surface area contributed by atoms with Gasteiger partial charge in [-0.05, 0) is 30.7 Å². The van der Waals surface area contributed by atoms with Crippen molar-refractivity contribution < 1.29 is 14.7 Å². The third-order valence-electron chi connectivity index (χ3n) is 3.12. The number of Topliss-reactive ketones (excluding diaryl/α,β-unsaturated/α-hetero) is 1. The van der Waals surface area contributed by atoms with E-state index in [1.54, 1.807) is 10.6 Å². The van der Waals surface area contributed by atoms with Crippen molar-refractivity contribution in [1.29, 1.82) is 0 Å². The first-order valence-electron chi connectivity index (χ1n) is 5.96. The average Bonchev–Trinajstić information content (AvgIpc) is 2.96. The first kappa shape index (κ1) is 13.1. The molecule has 1 N–H and O–H groups in total. The van der Waals surface area contributed by atoms with Crippen molar-refractivity contribution in [2.75, 3.05) is 0 Å². The molecule has 0 radical (unpaired) electrons. The van der Waals surface area contributed by atoms with E-state index in [4.69, 9.17) is 5.11 Å². The highest BCUT2D eigenvalue weighted by Gasteiger charge is 2.24. The lowest BCUT2D eigenvalue weighted by Crippen LogP contribution is -2.04. The molecule has 1 aromatic rings. The van der Waals surface area contributed by atoms with Gasteiger partial charge in [-0.15, -0.1) is 0 Å². The molecule has 0 aromatic carbocycles. The number of nitrogens with zero attached hydrogens (tertiary/aromatic N) is 1. The van der Waals surface area contributed by atoms with Crippen molar-refractivity contribution in [3.8, 4) is 0 Å². The molecule has 0 unspecified atom stereocenters. The second-order valence-corrected chi connectivity index (χ2v) is 4.54. The van der Waals surface area contributed by atoms with Gasteiger partial charge >= 0.3 is 5.97 Å². The van der Waals surface area contributed by atoms with Crippen LogP contribution in [0.25, 0.3) is 0 Å². The van der Waals surface area contributed by atoms with Crippen LogP contribution in [0.2, 0.25) is 0 Å². The predicted octanol–water partition coefficient (Wildman–Crippen LogP) is 2.03. The van der Waals surface area contributed by atoms with Gasteiger partial charge < -0.3 is 9.67 Å². The van der Waals surface area contributed by atoms with Crippen LogP contribution in [0.15, 0.2) is 53.3 Å². The molecule has 1 aromatic heterocycles. The molecule has 0 aliphatic heterocycles. The van der Waals surface area contributed by atoms with Crippen LogP contribution in [0.5, 0.6) is 0 Å². The van der Waals surface area contributed by atoms with E-state index in [-0.39, 0.29) is 12.2 Å². The van der Waals surface area contributed by atoms with Gasteiger partial charge in [-0.3, -0.25) is 9.59 Å². The number of carboxylic acids is 1. The summed E-state index contributed by atoms with van der Waals surface area (Å²) in [5.41, 5.74) is 3.66. The Bertz CT molecular complexity index is 630. The molecular formula is C15H15NO3. The van der Waals surface area contributed by atoms with Crippen LogP contribution in [-0.2, 0) is 23.1 Å². The number of aromatic nitrogens is 1. The minimum absolute atomic E-state index is 0.101. The SMILES string of the molecule is CC1=C2C=CC(=C1)C2=O.Cn1cccc1CC(=O)O. The molecule has 2 bridgehead atoms. The number of aliphatic carboxylic acids is 1. The van der Waals surface area contributed by atoms with Crippen molar-refractivity contribution in [3.63, 3.8) is 0 Å². The van der Waals surface area contributed by atoms with Crippen molar-refractivity contribution in [3.05, 3.63) is 59.0 Å². The van der Waals surface area contributed by atoms with Crippen LogP contribution in [0.3, 0.4) is 0 Å². The number of carbonyl (C=O) groups excluding carboxylic acids is 1. The zero-order valence-electron chi connectivity index (χ0n) is 10.9. The molecule has 0 spiro atoms. The van der Waals surface area contributed by atoms with Crippen LogP contribution < -0.4 is 0 Å². The summed E-state index contributed by atoms with van der Waals surface area (Å²) < 4.78 is 1.80. The standard InChI is InChI=1S/C8H6O.C7H9NO2/c1-5-4-6-2-3-7(5)8(6)9;1-8-4-2-3-6(8)5-7(9)10/h2-4H,1H3;2-4H,5H2,1H3,(H,9,10). The number of rotatable bonds is 2. The number of carboxylic acid groups (broad SMARTS) is 1. The van der Waals surface area contributed by atoms with E-state index in [9.17, 15) is 9.59 Å². The molecule has 2 aliphatic carbocycles. The Morgan fingerprint density at radius 1 is 1.37 bits per heavy atom. The minimum atomic E-state index is -0.790. The molecule has 0 amide bonds. The number of fused-ring (bicyclic) bond motifs is 2. The summed E-state index contributed by atoms with van der Waals surface area (Å²) in [6.45, 7) is 1.96. The molecule has 0 saturated carbocycles. The molecule has 1 heterocycles. The van der Waals surface area contributed by atoms with Crippen molar-refractivity contribution >= 4 is 11.8 Å². The van der Waals surface area contributed by atoms with Crippen LogP contribution in [0.4, 0.5) is 0 Å². The van der Waals surface area contributed by atoms with Gasteiger partial charge in [0.15, 0.2) is 5.78 Å². The Morgan fingerprint density at radius 3 is 2.42 bits per heavy atom. The molecular weight excluding hydrogens is 242 g/mol. The monoisotopic (exact) mass is 257 g/mol. The van der Waals surface area contributed by atoms with E-state index < -0.39 is 5.97 Å². The molecule has 19 heavy (non-hydrogen) atoms. The van der Waals surface area contributed by atoms with Gasteiger partial charge in [-0.25, -0.2) is 0 Å². The molecule has 0 atom stereocenters. The molecule has 2 aliphatic rings. The van der Waals surface area contributed by atoms with Crippen molar-refractivity contribution in [2.45, 2.75) is 13.3 Å². The summed E-state index contributed by atoms with van der Waals surface area (Å²) in [5.74, 6) is -0.589. The highest BCUT2D eigenvalue weighted by Crippen LogP contribution is 2.29. The quantitative estimate of drug-likeness (QED) is 0.882. The third kappa shape index (κ3) is 2.73. The zero-order chi connectivity index (χ0) is 14.0.